The molecule has 5 heteroatoms. The largest absolute Gasteiger partial charge is 0.322 e. The molecule has 2 aromatic rings. The highest BCUT2D eigenvalue weighted by Crippen LogP contribution is 2.22. The molecule has 0 heterocycles. The van der Waals surface area contributed by atoms with E-state index in [1.165, 1.54) is 5.56 Å². The van der Waals surface area contributed by atoms with Crippen molar-refractivity contribution in [2.75, 3.05) is 5.32 Å². The Balaban J connectivity index is 1.99. The Labute approximate surface area is 160 Å². The molecular formula is C22H27N3O2. The summed E-state index contributed by atoms with van der Waals surface area (Å²) in [6.07, 6.45) is 1.66. The van der Waals surface area contributed by atoms with Gasteiger partial charge in [0.25, 0.3) is 11.8 Å². The van der Waals surface area contributed by atoms with Crippen molar-refractivity contribution in [3.8, 4) is 0 Å². The summed E-state index contributed by atoms with van der Waals surface area (Å²) in [7, 11) is 0. The molecule has 0 unspecified atom stereocenters. The summed E-state index contributed by atoms with van der Waals surface area (Å²) < 4.78 is 0. The third kappa shape index (κ3) is 6.06. The number of nitrogens with one attached hydrogen (secondary N) is 2. The van der Waals surface area contributed by atoms with Crippen LogP contribution in [-0.4, -0.2) is 18.0 Å². The molecule has 0 bridgehead atoms. The molecule has 0 atom stereocenters. The lowest BCUT2D eigenvalue weighted by Gasteiger charge is -2.19. The van der Waals surface area contributed by atoms with E-state index in [9.17, 15) is 9.59 Å². The molecule has 0 saturated carbocycles. The van der Waals surface area contributed by atoms with E-state index >= 15 is 0 Å². The second kappa shape index (κ2) is 8.62. The monoisotopic (exact) mass is 365 g/mol. The van der Waals surface area contributed by atoms with Crippen LogP contribution in [0.4, 0.5) is 5.69 Å². The van der Waals surface area contributed by atoms with Gasteiger partial charge in [-0.2, -0.15) is 5.10 Å². The summed E-state index contributed by atoms with van der Waals surface area (Å²) in [5.74, 6) is -0.211. The Morgan fingerprint density at radius 2 is 1.41 bits per heavy atom. The number of nitrogens with zero attached hydrogens (tertiary/aromatic N) is 1. The lowest BCUT2D eigenvalue weighted by Crippen LogP contribution is -2.18. The van der Waals surface area contributed by atoms with Crippen LogP contribution in [0, 0.1) is 5.92 Å². The maximum atomic E-state index is 12.4. The van der Waals surface area contributed by atoms with Gasteiger partial charge < -0.3 is 5.32 Å². The SMILES string of the molecule is CC(C)C=NNC(=O)c1ccc(NC(=O)c2ccc(C(C)(C)C)cc2)cc1. The molecule has 0 saturated heterocycles. The highest BCUT2D eigenvalue weighted by atomic mass is 16.2. The molecule has 142 valence electrons. The number of carbonyl (C=O) groups is 2. The third-order valence-electron chi connectivity index (χ3n) is 3.96. The minimum Gasteiger partial charge on any atom is -0.322 e. The van der Waals surface area contributed by atoms with Gasteiger partial charge >= 0.3 is 0 Å². The Morgan fingerprint density at radius 3 is 1.93 bits per heavy atom. The number of benzene rings is 2. The molecule has 0 aliphatic carbocycles. The lowest BCUT2D eigenvalue weighted by molar-refractivity contribution is 0.0954. The molecule has 0 aliphatic rings. The fourth-order valence-corrected chi connectivity index (χ4v) is 2.34. The molecule has 0 spiro atoms. The predicted octanol–water partition coefficient (Wildman–Crippen LogP) is 4.61. The van der Waals surface area contributed by atoms with E-state index in [-0.39, 0.29) is 23.1 Å². The molecule has 2 amide bonds. The molecule has 0 aromatic heterocycles. The second-order valence-corrected chi connectivity index (χ2v) is 7.82. The van der Waals surface area contributed by atoms with Crippen molar-refractivity contribution in [3.05, 3.63) is 65.2 Å². The van der Waals surface area contributed by atoms with E-state index in [1.807, 2.05) is 38.1 Å². The number of hydrazone groups is 1. The quantitative estimate of drug-likeness (QED) is 0.600. The van der Waals surface area contributed by atoms with Crippen LogP contribution in [0.2, 0.25) is 0 Å². The maximum absolute atomic E-state index is 12.4. The van der Waals surface area contributed by atoms with Crippen LogP contribution in [0.3, 0.4) is 0 Å². The zero-order chi connectivity index (χ0) is 20.0. The van der Waals surface area contributed by atoms with Crippen LogP contribution in [0.1, 0.15) is 60.9 Å². The average Bonchev–Trinajstić information content (AvgIpc) is 2.61. The maximum Gasteiger partial charge on any atom is 0.271 e. The Morgan fingerprint density at radius 1 is 0.889 bits per heavy atom. The summed E-state index contributed by atoms with van der Waals surface area (Å²) in [5, 5.41) is 6.73. The standard InChI is InChI=1S/C22H27N3O2/c1-15(2)14-23-25-21(27)17-8-12-19(13-9-17)24-20(26)16-6-10-18(11-7-16)22(3,4)5/h6-15H,1-5H3,(H,24,26)(H,25,27). The van der Waals surface area contributed by atoms with Gasteiger partial charge in [0.2, 0.25) is 0 Å². The highest BCUT2D eigenvalue weighted by molar-refractivity contribution is 6.04. The third-order valence-corrected chi connectivity index (χ3v) is 3.96. The van der Waals surface area contributed by atoms with Crippen molar-refractivity contribution in [2.24, 2.45) is 11.0 Å². The zero-order valence-corrected chi connectivity index (χ0v) is 16.5. The van der Waals surface area contributed by atoms with Crippen LogP contribution >= 0.6 is 0 Å². The van der Waals surface area contributed by atoms with Gasteiger partial charge in [0.1, 0.15) is 0 Å². The molecule has 0 fully saturated rings. The van der Waals surface area contributed by atoms with Crippen molar-refractivity contribution in [1.82, 2.24) is 5.43 Å². The van der Waals surface area contributed by atoms with Gasteiger partial charge in [-0.3, -0.25) is 9.59 Å². The second-order valence-electron chi connectivity index (χ2n) is 7.82. The van der Waals surface area contributed by atoms with Crippen LogP contribution in [0.5, 0.6) is 0 Å². The molecule has 5 nitrogen and oxygen atoms in total. The van der Waals surface area contributed by atoms with Crippen molar-refractivity contribution < 1.29 is 9.59 Å². The van der Waals surface area contributed by atoms with Gasteiger partial charge in [0, 0.05) is 23.0 Å². The van der Waals surface area contributed by atoms with Gasteiger partial charge in [0.15, 0.2) is 0 Å². The number of anilines is 1. The number of carbonyl (C=O) groups excluding carboxylic acids is 2. The zero-order valence-electron chi connectivity index (χ0n) is 16.5. The summed E-state index contributed by atoms with van der Waals surface area (Å²) in [5.41, 5.74) is 5.39. The van der Waals surface area contributed by atoms with Crippen LogP contribution in [0.15, 0.2) is 53.6 Å². The van der Waals surface area contributed by atoms with E-state index in [0.29, 0.717) is 16.8 Å². The first-order valence-electron chi connectivity index (χ1n) is 9.02. The first-order chi connectivity index (χ1) is 12.7. The summed E-state index contributed by atoms with van der Waals surface area (Å²) in [6, 6.07) is 14.3. The molecule has 27 heavy (non-hydrogen) atoms. The fraction of sp³-hybridized carbons (Fsp3) is 0.318. The predicted molar refractivity (Wildman–Crippen MR) is 110 cm³/mol. The van der Waals surface area contributed by atoms with E-state index < -0.39 is 0 Å². The lowest BCUT2D eigenvalue weighted by atomic mass is 9.87. The molecule has 2 N–H and O–H groups in total. The minimum absolute atomic E-state index is 0.0463. The normalized spacial score (nSPS) is 11.6. The van der Waals surface area contributed by atoms with Crippen LogP contribution < -0.4 is 10.7 Å². The van der Waals surface area contributed by atoms with E-state index in [2.05, 4.69) is 36.6 Å². The van der Waals surface area contributed by atoms with Crippen molar-refractivity contribution in [2.45, 2.75) is 40.0 Å². The van der Waals surface area contributed by atoms with E-state index in [4.69, 9.17) is 0 Å². The fourth-order valence-electron chi connectivity index (χ4n) is 2.34. The van der Waals surface area contributed by atoms with Gasteiger partial charge in [-0.1, -0.05) is 46.8 Å². The Hall–Kier alpha value is -2.95. The van der Waals surface area contributed by atoms with Crippen LogP contribution in [0.25, 0.3) is 0 Å². The number of hydrogen-bond acceptors (Lipinski definition) is 3. The number of amides is 2. The number of rotatable bonds is 5. The van der Waals surface area contributed by atoms with E-state index in [1.54, 1.807) is 30.5 Å². The van der Waals surface area contributed by atoms with Gasteiger partial charge in [0.05, 0.1) is 0 Å². The van der Waals surface area contributed by atoms with Crippen molar-refractivity contribution in [1.29, 1.82) is 0 Å². The minimum atomic E-state index is -0.289. The van der Waals surface area contributed by atoms with Crippen molar-refractivity contribution >= 4 is 23.7 Å². The highest BCUT2D eigenvalue weighted by Gasteiger charge is 2.14. The van der Waals surface area contributed by atoms with Gasteiger partial charge in [-0.15, -0.1) is 0 Å². The molecule has 0 radical (unpaired) electrons. The topological polar surface area (TPSA) is 70.6 Å². The van der Waals surface area contributed by atoms with Crippen LogP contribution in [-0.2, 0) is 5.41 Å². The number of hydrogen-bond donors (Lipinski definition) is 2. The molecule has 0 aliphatic heterocycles. The molecular weight excluding hydrogens is 338 g/mol. The first-order valence-corrected chi connectivity index (χ1v) is 9.02. The van der Waals surface area contributed by atoms with Gasteiger partial charge in [-0.05, 0) is 53.3 Å². The first kappa shape index (κ1) is 20.4. The van der Waals surface area contributed by atoms with Crippen molar-refractivity contribution in [3.63, 3.8) is 0 Å². The average molecular weight is 365 g/mol. The summed E-state index contributed by atoms with van der Waals surface area (Å²) >= 11 is 0. The smallest absolute Gasteiger partial charge is 0.271 e. The van der Waals surface area contributed by atoms with Gasteiger partial charge in [-0.25, -0.2) is 5.43 Å². The molecule has 2 rings (SSSR count). The summed E-state index contributed by atoms with van der Waals surface area (Å²) in [4.78, 5) is 24.4. The summed E-state index contributed by atoms with van der Waals surface area (Å²) in [6.45, 7) is 10.4. The Kier molecular flexibility index (Phi) is 6.50. The Bertz CT molecular complexity index is 814. The van der Waals surface area contributed by atoms with E-state index in [0.717, 1.165) is 0 Å². The molecule has 2 aromatic carbocycles.